The molecule has 0 saturated heterocycles. The predicted octanol–water partition coefficient (Wildman–Crippen LogP) is 3.70. The van der Waals surface area contributed by atoms with E-state index < -0.39 is 10.0 Å². The average molecular weight is 317 g/mol. The van der Waals surface area contributed by atoms with Crippen LogP contribution < -0.4 is 4.72 Å². The Kier molecular flexibility index (Phi) is 4.66. The van der Waals surface area contributed by atoms with Gasteiger partial charge in [-0.2, -0.15) is 0 Å². The lowest BCUT2D eigenvalue weighted by Crippen LogP contribution is -2.14. The molecule has 0 fully saturated rings. The molecule has 0 aromatic heterocycles. The molecule has 0 unspecified atom stereocenters. The van der Waals surface area contributed by atoms with Crippen molar-refractivity contribution in [1.29, 1.82) is 0 Å². The first-order valence-corrected chi connectivity index (χ1v) is 8.55. The fourth-order valence-electron chi connectivity index (χ4n) is 2.16. The molecule has 0 aliphatic carbocycles. The second-order valence-electron chi connectivity index (χ2n) is 5.22. The van der Waals surface area contributed by atoms with Gasteiger partial charge in [-0.15, -0.1) is 0 Å². The summed E-state index contributed by atoms with van der Waals surface area (Å²) >= 11 is 0. The van der Waals surface area contributed by atoms with Crippen molar-refractivity contribution in [3.63, 3.8) is 0 Å². The van der Waals surface area contributed by atoms with Crippen molar-refractivity contribution in [2.24, 2.45) is 0 Å². The molecule has 2 rings (SSSR count). The highest BCUT2D eigenvalue weighted by Crippen LogP contribution is 2.21. The molecule has 2 aromatic carbocycles. The minimum absolute atomic E-state index is 0.00807. The fraction of sp³-hybridized carbons (Fsp3) is 0.235. The van der Waals surface area contributed by atoms with Crippen LogP contribution in [0.3, 0.4) is 0 Å². The third-order valence-electron chi connectivity index (χ3n) is 3.43. The first-order chi connectivity index (χ1) is 10.3. The third-order valence-corrected chi connectivity index (χ3v) is 4.82. The van der Waals surface area contributed by atoms with Crippen molar-refractivity contribution in [3.8, 4) is 0 Å². The molecule has 0 amide bonds. The smallest absolute Gasteiger partial charge is 0.261 e. The summed E-state index contributed by atoms with van der Waals surface area (Å²) in [4.78, 5) is 11.7. The van der Waals surface area contributed by atoms with Crippen molar-refractivity contribution in [2.45, 2.75) is 32.1 Å². The van der Waals surface area contributed by atoms with Gasteiger partial charge in [-0.3, -0.25) is 9.52 Å². The highest BCUT2D eigenvalue weighted by Gasteiger charge is 2.15. The number of hydrogen-bond donors (Lipinski definition) is 1. The largest absolute Gasteiger partial charge is 0.294 e. The fourth-order valence-corrected chi connectivity index (χ4v) is 3.29. The maximum Gasteiger partial charge on any atom is 0.261 e. The Balaban J connectivity index is 2.28. The Morgan fingerprint density at radius 3 is 2.23 bits per heavy atom. The number of nitrogens with one attached hydrogen (secondary N) is 1. The number of benzene rings is 2. The second kappa shape index (κ2) is 6.32. The zero-order valence-corrected chi connectivity index (χ0v) is 13.7. The lowest BCUT2D eigenvalue weighted by molar-refractivity contribution is 0.0988. The zero-order valence-electron chi connectivity index (χ0n) is 12.9. The topological polar surface area (TPSA) is 63.2 Å². The van der Waals surface area contributed by atoms with Crippen LogP contribution in [0.1, 0.15) is 34.8 Å². The second-order valence-corrected chi connectivity index (χ2v) is 6.91. The zero-order chi connectivity index (χ0) is 16.3. The summed E-state index contributed by atoms with van der Waals surface area (Å²) in [5, 5.41) is 0. The number of anilines is 1. The summed E-state index contributed by atoms with van der Waals surface area (Å²) < 4.78 is 27.4. The molecular weight excluding hydrogens is 298 g/mol. The van der Waals surface area contributed by atoms with Crippen LogP contribution in [-0.4, -0.2) is 14.2 Å². The lowest BCUT2D eigenvalue weighted by Gasteiger charge is -2.11. The number of carbonyl (C=O) groups excluding carboxylic acids is 1. The van der Waals surface area contributed by atoms with Gasteiger partial charge >= 0.3 is 0 Å². The van der Waals surface area contributed by atoms with Gasteiger partial charge in [0, 0.05) is 12.0 Å². The van der Waals surface area contributed by atoms with Gasteiger partial charge < -0.3 is 0 Å². The molecule has 22 heavy (non-hydrogen) atoms. The van der Waals surface area contributed by atoms with E-state index in [4.69, 9.17) is 0 Å². The van der Waals surface area contributed by atoms with Crippen molar-refractivity contribution >= 4 is 21.5 Å². The minimum Gasteiger partial charge on any atom is -0.294 e. The predicted molar refractivity (Wildman–Crippen MR) is 87.8 cm³/mol. The molecule has 0 spiro atoms. The van der Waals surface area contributed by atoms with Crippen LogP contribution in [0.2, 0.25) is 0 Å². The number of Topliss-reactive ketones (excluding diaryl/α,β-unsaturated/α-hetero) is 1. The monoisotopic (exact) mass is 317 g/mol. The summed E-state index contributed by atoms with van der Waals surface area (Å²) in [6, 6.07) is 11.5. The van der Waals surface area contributed by atoms with Gasteiger partial charge in [0.1, 0.15) is 0 Å². The van der Waals surface area contributed by atoms with Gasteiger partial charge in [0.05, 0.1) is 10.6 Å². The van der Waals surface area contributed by atoms with Crippen LogP contribution in [0.4, 0.5) is 5.69 Å². The summed E-state index contributed by atoms with van der Waals surface area (Å²) in [6.45, 7) is 5.58. The molecule has 5 heteroatoms. The summed E-state index contributed by atoms with van der Waals surface area (Å²) in [6.07, 6.45) is 0.396. The molecule has 0 saturated carbocycles. The number of ketones is 1. The Labute approximate surface area is 131 Å². The summed E-state index contributed by atoms with van der Waals surface area (Å²) in [5.74, 6) is -0.00807. The van der Waals surface area contributed by atoms with Crippen LogP contribution in [0.5, 0.6) is 0 Å². The highest BCUT2D eigenvalue weighted by atomic mass is 32.2. The van der Waals surface area contributed by atoms with Crippen LogP contribution in [0, 0.1) is 13.8 Å². The van der Waals surface area contributed by atoms with E-state index in [1.807, 2.05) is 26.0 Å². The molecule has 0 heterocycles. The van der Waals surface area contributed by atoms with Crippen LogP contribution in [0.15, 0.2) is 47.4 Å². The number of carbonyl (C=O) groups is 1. The normalized spacial score (nSPS) is 11.2. The first-order valence-electron chi connectivity index (χ1n) is 7.07. The van der Waals surface area contributed by atoms with Gasteiger partial charge in [-0.25, -0.2) is 8.42 Å². The molecular formula is C17H19NO3S. The van der Waals surface area contributed by atoms with E-state index in [1.54, 1.807) is 25.1 Å². The number of aryl methyl sites for hydroxylation is 2. The molecule has 116 valence electrons. The lowest BCUT2D eigenvalue weighted by atomic mass is 10.1. The third kappa shape index (κ3) is 3.54. The molecule has 0 aliphatic rings. The standard InChI is InChI=1S/C17H19NO3S/c1-4-17(19)14-6-8-15(9-7-14)22(20,21)18-16-10-5-12(2)11-13(16)3/h5-11,18H,4H2,1-3H3. The van der Waals surface area contributed by atoms with Crippen LogP contribution >= 0.6 is 0 Å². The minimum atomic E-state index is -3.66. The number of rotatable bonds is 5. The maximum atomic E-state index is 12.4. The highest BCUT2D eigenvalue weighted by molar-refractivity contribution is 7.92. The van der Waals surface area contributed by atoms with Crippen LogP contribution in [0.25, 0.3) is 0 Å². The van der Waals surface area contributed by atoms with Crippen LogP contribution in [-0.2, 0) is 10.0 Å². The van der Waals surface area contributed by atoms with Crippen molar-refractivity contribution in [2.75, 3.05) is 4.72 Å². The Morgan fingerprint density at radius 2 is 1.68 bits per heavy atom. The van der Waals surface area contributed by atoms with Gasteiger partial charge in [-0.05, 0) is 37.6 Å². The SMILES string of the molecule is CCC(=O)c1ccc(S(=O)(=O)Nc2ccc(C)cc2C)cc1. The van der Waals surface area contributed by atoms with Crippen molar-refractivity contribution in [3.05, 3.63) is 59.2 Å². The Bertz CT molecular complexity index is 793. The van der Waals surface area contributed by atoms with Crippen molar-refractivity contribution in [1.82, 2.24) is 0 Å². The Hall–Kier alpha value is -2.14. The average Bonchev–Trinajstić information content (AvgIpc) is 2.49. The van der Waals surface area contributed by atoms with E-state index in [2.05, 4.69) is 4.72 Å². The van der Waals surface area contributed by atoms with E-state index in [0.717, 1.165) is 11.1 Å². The van der Waals surface area contributed by atoms with Gasteiger partial charge in [-0.1, -0.05) is 36.8 Å². The molecule has 1 N–H and O–H groups in total. The van der Waals surface area contributed by atoms with Gasteiger partial charge in [0.2, 0.25) is 0 Å². The maximum absolute atomic E-state index is 12.4. The quantitative estimate of drug-likeness (QED) is 0.855. The molecule has 0 radical (unpaired) electrons. The van der Waals surface area contributed by atoms with E-state index in [-0.39, 0.29) is 10.7 Å². The summed E-state index contributed by atoms with van der Waals surface area (Å²) in [5.41, 5.74) is 3.01. The molecule has 0 atom stereocenters. The molecule has 4 nitrogen and oxygen atoms in total. The number of hydrogen-bond acceptors (Lipinski definition) is 3. The molecule has 0 aliphatic heterocycles. The van der Waals surface area contributed by atoms with E-state index >= 15 is 0 Å². The van der Waals surface area contributed by atoms with Gasteiger partial charge in [0.15, 0.2) is 5.78 Å². The first kappa shape index (κ1) is 16.2. The van der Waals surface area contributed by atoms with Gasteiger partial charge in [0.25, 0.3) is 10.0 Å². The molecule has 0 bridgehead atoms. The molecule has 2 aromatic rings. The van der Waals surface area contributed by atoms with E-state index in [0.29, 0.717) is 17.7 Å². The van der Waals surface area contributed by atoms with E-state index in [1.165, 1.54) is 12.1 Å². The Morgan fingerprint density at radius 1 is 1.05 bits per heavy atom. The van der Waals surface area contributed by atoms with E-state index in [9.17, 15) is 13.2 Å². The summed E-state index contributed by atoms with van der Waals surface area (Å²) in [7, 11) is -3.66. The number of sulfonamides is 1. The van der Waals surface area contributed by atoms with Crippen molar-refractivity contribution < 1.29 is 13.2 Å².